The van der Waals surface area contributed by atoms with Crippen molar-refractivity contribution >= 4 is 34.9 Å². The number of nitrogens with zero attached hydrogens (tertiary/aromatic N) is 1. The van der Waals surface area contributed by atoms with E-state index in [4.69, 9.17) is 27.9 Å². The SMILES string of the molecule is Cc1cc(Cl)cc2c1OC1(CCN(C(=O)C(C)Cl)CC1)CC2=O. The Hall–Kier alpha value is -1.26. The van der Waals surface area contributed by atoms with Gasteiger partial charge < -0.3 is 9.64 Å². The van der Waals surface area contributed by atoms with E-state index in [1.165, 1.54) is 0 Å². The molecule has 2 aliphatic heterocycles. The number of hydrogen-bond acceptors (Lipinski definition) is 3. The van der Waals surface area contributed by atoms with Crippen LogP contribution in [0.25, 0.3) is 0 Å². The molecule has 124 valence electrons. The number of ketones is 1. The summed E-state index contributed by atoms with van der Waals surface area (Å²) in [7, 11) is 0. The highest BCUT2D eigenvalue weighted by Gasteiger charge is 2.44. The van der Waals surface area contributed by atoms with Crippen molar-refractivity contribution in [1.29, 1.82) is 0 Å². The highest BCUT2D eigenvalue weighted by atomic mass is 35.5. The molecule has 0 aliphatic carbocycles. The first kappa shape index (κ1) is 16.6. The molecule has 4 nitrogen and oxygen atoms in total. The summed E-state index contributed by atoms with van der Waals surface area (Å²) in [6.45, 7) is 4.69. The van der Waals surface area contributed by atoms with Gasteiger partial charge in [-0.1, -0.05) is 11.6 Å². The Kier molecular flexibility index (Phi) is 4.32. The number of alkyl halides is 1. The van der Waals surface area contributed by atoms with E-state index in [-0.39, 0.29) is 11.7 Å². The van der Waals surface area contributed by atoms with Gasteiger partial charge in [0.05, 0.1) is 12.0 Å². The minimum absolute atomic E-state index is 0.0577. The zero-order valence-corrected chi connectivity index (χ0v) is 14.7. The van der Waals surface area contributed by atoms with Gasteiger partial charge in [-0.2, -0.15) is 0 Å². The maximum absolute atomic E-state index is 12.5. The van der Waals surface area contributed by atoms with E-state index in [0.29, 0.717) is 48.7 Å². The van der Waals surface area contributed by atoms with Crippen molar-refractivity contribution in [1.82, 2.24) is 4.90 Å². The van der Waals surface area contributed by atoms with Crippen LogP contribution in [0.3, 0.4) is 0 Å². The van der Waals surface area contributed by atoms with Crippen LogP contribution in [0.4, 0.5) is 0 Å². The topological polar surface area (TPSA) is 46.6 Å². The molecule has 1 aromatic rings. The molecule has 2 aliphatic rings. The van der Waals surface area contributed by atoms with Crippen molar-refractivity contribution in [2.45, 2.75) is 44.1 Å². The number of fused-ring (bicyclic) bond motifs is 1. The zero-order chi connectivity index (χ0) is 16.8. The normalized spacial score (nSPS) is 20.9. The number of rotatable bonds is 1. The van der Waals surface area contributed by atoms with E-state index in [1.807, 2.05) is 6.92 Å². The van der Waals surface area contributed by atoms with E-state index >= 15 is 0 Å². The van der Waals surface area contributed by atoms with Gasteiger partial charge >= 0.3 is 0 Å². The van der Waals surface area contributed by atoms with Crippen LogP contribution >= 0.6 is 23.2 Å². The molecule has 2 heterocycles. The van der Waals surface area contributed by atoms with Crippen LogP contribution in [0.2, 0.25) is 5.02 Å². The van der Waals surface area contributed by atoms with Gasteiger partial charge in [-0.05, 0) is 31.5 Å². The number of aryl methyl sites for hydroxylation is 1. The zero-order valence-electron chi connectivity index (χ0n) is 13.2. The van der Waals surface area contributed by atoms with Gasteiger partial charge in [0.25, 0.3) is 0 Å². The highest BCUT2D eigenvalue weighted by Crippen LogP contribution is 2.42. The number of hydrogen-bond donors (Lipinski definition) is 0. The Morgan fingerprint density at radius 3 is 2.61 bits per heavy atom. The van der Waals surface area contributed by atoms with Crippen LogP contribution in [0.5, 0.6) is 5.75 Å². The van der Waals surface area contributed by atoms with Crippen LogP contribution in [-0.4, -0.2) is 40.7 Å². The molecule has 6 heteroatoms. The van der Waals surface area contributed by atoms with E-state index in [0.717, 1.165) is 5.56 Å². The third kappa shape index (κ3) is 3.07. The summed E-state index contributed by atoms with van der Waals surface area (Å²) in [4.78, 5) is 26.3. The van der Waals surface area contributed by atoms with Crippen LogP contribution in [0, 0.1) is 6.92 Å². The number of halogens is 2. The molecule has 0 aromatic heterocycles. The largest absolute Gasteiger partial charge is 0.486 e. The molecule has 0 N–H and O–H groups in total. The predicted molar refractivity (Wildman–Crippen MR) is 89.6 cm³/mol. The van der Waals surface area contributed by atoms with Gasteiger partial charge in [-0.15, -0.1) is 11.6 Å². The lowest BCUT2D eigenvalue weighted by atomic mass is 9.82. The first-order chi connectivity index (χ1) is 10.8. The summed E-state index contributed by atoms with van der Waals surface area (Å²) in [5, 5.41) is 0.0220. The van der Waals surface area contributed by atoms with E-state index < -0.39 is 11.0 Å². The van der Waals surface area contributed by atoms with Crippen molar-refractivity contribution in [2.24, 2.45) is 0 Å². The number of Topliss-reactive ketones (excluding diaryl/α,β-unsaturated/α-hetero) is 1. The summed E-state index contributed by atoms with van der Waals surface area (Å²) in [6.07, 6.45) is 1.60. The van der Waals surface area contributed by atoms with E-state index in [1.54, 1.807) is 24.0 Å². The molecule has 0 bridgehead atoms. The van der Waals surface area contributed by atoms with Crippen molar-refractivity contribution in [3.63, 3.8) is 0 Å². The number of likely N-dealkylation sites (tertiary alicyclic amines) is 1. The molecule has 23 heavy (non-hydrogen) atoms. The van der Waals surface area contributed by atoms with Gasteiger partial charge in [0.1, 0.15) is 16.7 Å². The minimum atomic E-state index is -0.525. The first-order valence-corrected chi connectivity index (χ1v) is 8.58. The summed E-state index contributed by atoms with van der Waals surface area (Å²) in [5.74, 6) is 0.630. The number of carbonyl (C=O) groups is 2. The van der Waals surface area contributed by atoms with Crippen LogP contribution in [0.15, 0.2) is 12.1 Å². The molecule has 1 amide bonds. The fourth-order valence-electron chi connectivity index (χ4n) is 3.38. The van der Waals surface area contributed by atoms with Crippen LogP contribution in [0.1, 0.15) is 42.1 Å². The lowest BCUT2D eigenvalue weighted by Crippen LogP contribution is -2.53. The smallest absolute Gasteiger partial charge is 0.240 e. The summed E-state index contributed by atoms with van der Waals surface area (Å²) < 4.78 is 6.25. The Balaban J connectivity index is 1.81. The molecular formula is C17H19Cl2NO3. The van der Waals surface area contributed by atoms with Crippen molar-refractivity contribution < 1.29 is 14.3 Å². The maximum Gasteiger partial charge on any atom is 0.240 e. The third-order valence-electron chi connectivity index (χ3n) is 4.67. The molecule has 1 unspecified atom stereocenters. The molecule has 1 spiro atoms. The Labute approximate surface area is 145 Å². The lowest BCUT2D eigenvalue weighted by molar-refractivity contribution is -0.134. The second-order valence-electron chi connectivity index (χ2n) is 6.43. The summed E-state index contributed by atoms with van der Waals surface area (Å²) in [5.41, 5.74) is 0.913. The van der Waals surface area contributed by atoms with Crippen molar-refractivity contribution in [3.05, 3.63) is 28.3 Å². The standard InChI is InChI=1S/C17H19Cl2NO3/c1-10-7-12(19)8-13-14(21)9-17(23-15(10)13)3-5-20(6-4-17)16(22)11(2)18/h7-8,11H,3-6,9H2,1-2H3. The molecule has 1 aromatic carbocycles. The highest BCUT2D eigenvalue weighted by molar-refractivity contribution is 6.31. The van der Waals surface area contributed by atoms with Gasteiger partial charge in [0, 0.05) is 31.0 Å². The van der Waals surface area contributed by atoms with E-state index in [2.05, 4.69) is 0 Å². The number of piperidine rings is 1. The van der Waals surface area contributed by atoms with E-state index in [9.17, 15) is 9.59 Å². The van der Waals surface area contributed by atoms with Gasteiger partial charge in [0.15, 0.2) is 5.78 Å². The molecule has 0 radical (unpaired) electrons. The third-order valence-corrected chi connectivity index (χ3v) is 5.07. The number of amides is 1. The molecule has 1 atom stereocenters. The summed E-state index contributed by atoms with van der Waals surface area (Å²) in [6, 6.07) is 3.48. The van der Waals surface area contributed by atoms with Gasteiger partial charge in [-0.25, -0.2) is 0 Å². The monoisotopic (exact) mass is 355 g/mol. The number of benzene rings is 1. The minimum Gasteiger partial charge on any atom is -0.486 e. The lowest BCUT2D eigenvalue weighted by Gasteiger charge is -2.44. The average molecular weight is 356 g/mol. The molecular weight excluding hydrogens is 337 g/mol. The second kappa shape index (κ2) is 5.99. The molecule has 0 saturated carbocycles. The Morgan fingerprint density at radius 1 is 1.35 bits per heavy atom. The van der Waals surface area contributed by atoms with Crippen molar-refractivity contribution in [2.75, 3.05) is 13.1 Å². The molecule has 1 saturated heterocycles. The summed E-state index contributed by atoms with van der Waals surface area (Å²) >= 11 is 11.9. The second-order valence-corrected chi connectivity index (χ2v) is 7.52. The van der Waals surface area contributed by atoms with Gasteiger partial charge in [0.2, 0.25) is 5.91 Å². The van der Waals surface area contributed by atoms with Crippen LogP contribution < -0.4 is 4.74 Å². The predicted octanol–water partition coefficient (Wildman–Crippen LogP) is 3.60. The van der Waals surface area contributed by atoms with Gasteiger partial charge in [-0.3, -0.25) is 9.59 Å². The average Bonchev–Trinajstić information content (AvgIpc) is 2.49. The quantitative estimate of drug-likeness (QED) is 0.723. The number of ether oxygens (including phenoxy) is 1. The van der Waals surface area contributed by atoms with Crippen LogP contribution in [-0.2, 0) is 4.79 Å². The molecule has 1 fully saturated rings. The first-order valence-electron chi connectivity index (χ1n) is 7.76. The molecule has 3 rings (SSSR count). The Bertz CT molecular complexity index is 664. The van der Waals surface area contributed by atoms with Crippen molar-refractivity contribution in [3.8, 4) is 5.75 Å². The number of carbonyl (C=O) groups excluding carboxylic acids is 2. The maximum atomic E-state index is 12.5. The Morgan fingerprint density at radius 2 is 2.00 bits per heavy atom. The fraction of sp³-hybridized carbons (Fsp3) is 0.529. The fourth-order valence-corrected chi connectivity index (χ4v) is 3.79.